The molecule has 22 heavy (non-hydrogen) atoms. The molecule has 2 N–H and O–H groups in total. The summed E-state index contributed by atoms with van der Waals surface area (Å²) in [5.74, 6) is -3.65. The van der Waals surface area contributed by atoms with Crippen molar-refractivity contribution in [3.05, 3.63) is 57.8 Å². The van der Waals surface area contributed by atoms with Crippen LogP contribution in [-0.4, -0.2) is 40.6 Å². The zero-order valence-corrected chi connectivity index (χ0v) is 12.9. The number of aliphatic carboxylic acids is 2. The Morgan fingerprint density at radius 1 is 1.14 bits per heavy atom. The maximum Gasteiger partial charge on any atom is 0.414 e. The summed E-state index contributed by atoms with van der Waals surface area (Å²) >= 11 is 1.86. The first-order chi connectivity index (χ1) is 10.5. The lowest BCUT2D eigenvalue weighted by Crippen LogP contribution is -2.32. The number of fused-ring (bicyclic) bond motifs is 1. The van der Waals surface area contributed by atoms with Crippen molar-refractivity contribution in [3.8, 4) is 0 Å². The second-order valence-corrected chi connectivity index (χ2v) is 5.94. The first-order valence-electron chi connectivity index (χ1n) is 6.78. The highest BCUT2D eigenvalue weighted by Crippen LogP contribution is 2.35. The molecule has 2 heterocycles. The largest absolute Gasteiger partial charge is 0.473 e. The third-order valence-corrected chi connectivity index (χ3v) is 4.44. The Morgan fingerprint density at radius 2 is 1.82 bits per heavy atom. The molecule has 1 aliphatic heterocycles. The minimum atomic E-state index is -1.82. The van der Waals surface area contributed by atoms with Crippen molar-refractivity contribution in [1.29, 1.82) is 0 Å². The predicted octanol–water partition coefficient (Wildman–Crippen LogP) is 2.48. The monoisotopic (exact) mass is 319 g/mol. The van der Waals surface area contributed by atoms with Crippen LogP contribution in [0.1, 0.15) is 22.0 Å². The molecular formula is C16H17NO4S. The minimum absolute atomic E-state index is 0.463. The maximum absolute atomic E-state index is 9.10. The van der Waals surface area contributed by atoms with Crippen LogP contribution in [0.25, 0.3) is 0 Å². The average molecular weight is 319 g/mol. The van der Waals surface area contributed by atoms with Crippen LogP contribution in [0, 0.1) is 0 Å². The number of rotatable bonds is 1. The molecule has 0 saturated heterocycles. The number of hydrogen-bond acceptors (Lipinski definition) is 4. The Kier molecular flexibility index (Phi) is 5.30. The molecule has 1 atom stereocenters. The van der Waals surface area contributed by atoms with Crippen LogP contribution in [0.15, 0.2) is 41.8 Å². The Labute approximate surface area is 132 Å². The molecule has 116 valence electrons. The standard InChI is InChI=1S/C14H15NS.C2H2O4/c1-15-9-8-11-5-2-3-6-12(11)14(15)13-7-4-10-16-13;3-1(4)2(5)6/h2-7,10,14H,8-9H2,1H3;(H,3,4)(H,5,6). The third kappa shape index (κ3) is 3.72. The van der Waals surface area contributed by atoms with Gasteiger partial charge in [0.05, 0.1) is 6.04 Å². The molecule has 6 heteroatoms. The SMILES string of the molecule is CN1CCc2ccccc2C1c1cccs1.O=C(O)C(=O)O. The number of likely N-dealkylation sites (N-methyl/N-ethyl adjacent to an activating group) is 1. The molecule has 0 amide bonds. The van der Waals surface area contributed by atoms with E-state index in [1.54, 1.807) is 0 Å². The summed E-state index contributed by atoms with van der Waals surface area (Å²) in [6, 6.07) is 13.7. The van der Waals surface area contributed by atoms with E-state index in [4.69, 9.17) is 19.8 Å². The summed E-state index contributed by atoms with van der Waals surface area (Å²) in [6.45, 7) is 1.15. The number of carbonyl (C=O) groups is 2. The molecule has 0 fully saturated rings. The molecule has 1 aromatic heterocycles. The highest BCUT2D eigenvalue weighted by atomic mass is 32.1. The zero-order chi connectivity index (χ0) is 16.1. The van der Waals surface area contributed by atoms with Crippen LogP contribution >= 0.6 is 11.3 Å². The van der Waals surface area contributed by atoms with Gasteiger partial charge in [0.15, 0.2) is 0 Å². The molecular weight excluding hydrogens is 302 g/mol. The molecule has 1 aliphatic rings. The molecule has 5 nitrogen and oxygen atoms in total. The van der Waals surface area contributed by atoms with Gasteiger partial charge in [0.25, 0.3) is 0 Å². The van der Waals surface area contributed by atoms with Gasteiger partial charge < -0.3 is 10.2 Å². The number of carboxylic acid groups (broad SMARTS) is 2. The average Bonchev–Trinajstić information content (AvgIpc) is 3.01. The normalized spacial score (nSPS) is 17.0. The Hall–Kier alpha value is -2.18. The third-order valence-electron chi connectivity index (χ3n) is 3.52. The van der Waals surface area contributed by atoms with Crippen molar-refractivity contribution in [2.45, 2.75) is 12.5 Å². The Bertz CT molecular complexity index is 642. The Balaban J connectivity index is 0.000000254. The van der Waals surface area contributed by atoms with E-state index in [2.05, 4.69) is 53.7 Å². The molecule has 0 bridgehead atoms. The van der Waals surface area contributed by atoms with Crippen LogP contribution < -0.4 is 0 Å². The predicted molar refractivity (Wildman–Crippen MR) is 84.2 cm³/mol. The summed E-state index contributed by atoms with van der Waals surface area (Å²) < 4.78 is 0. The number of hydrogen-bond donors (Lipinski definition) is 2. The molecule has 1 unspecified atom stereocenters. The first-order valence-corrected chi connectivity index (χ1v) is 7.66. The van der Waals surface area contributed by atoms with Gasteiger partial charge in [-0.15, -0.1) is 11.3 Å². The van der Waals surface area contributed by atoms with Gasteiger partial charge in [-0.2, -0.15) is 0 Å². The van der Waals surface area contributed by atoms with Gasteiger partial charge in [-0.05, 0) is 36.0 Å². The van der Waals surface area contributed by atoms with Crippen molar-refractivity contribution < 1.29 is 19.8 Å². The molecule has 0 spiro atoms. The van der Waals surface area contributed by atoms with E-state index in [1.807, 2.05) is 11.3 Å². The molecule has 1 aromatic carbocycles. The quantitative estimate of drug-likeness (QED) is 0.790. The fraction of sp³-hybridized carbons (Fsp3) is 0.250. The summed E-state index contributed by atoms with van der Waals surface area (Å²) in [7, 11) is 2.22. The van der Waals surface area contributed by atoms with E-state index in [0.29, 0.717) is 6.04 Å². The first kappa shape index (κ1) is 16.2. The van der Waals surface area contributed by atoms with E-state index >= 15 is 0 Å². The van der Waals surface area contributed by atoms with Gasteiger partial charge in [-0.1, -0.05) is 30.3 Å². The summed E-state index contributed by atoms with van der Waals surface area (Å²) in [4.78, 5) is 22.1. The van der Waals surface area contributed by atoms with E-state index in [-0.39, 0.29) is 0 Å². The van der Waals surface area contributed by atoms with Gasteiger partial charge in [0.2, 0.25) is 0 Å². The van der Waals surface area contributed by atoms with Crippen molar-refractivity contribution in [2.24, 2.45) is 0 Å². The lowest BCUT2D eigenvalue weighted by atomic mass is 9.92. The molecule has 0 saturated carbocycles. The number of nitrogens with zero attached hydrogens (tertiary/aromatic N) is 1. The van der Waals surface area contributed by atoms with Crippen molar-refractivity contribution in [1.82, 2.24) is 4.90 Å². The number of benzene rings is 1. The van der Waals surface area contributed by atoms with Crippen molar-refractivity contribution in [3.63, 3.8) is 0 Å². The second-order valence-electron chi connectivity index (χ2n) is 4.96. The van der Waals surface area contributed by atoms with Crippen LogP contribution in [0.3, 0.4) is 0 Å². The summed E-state index contributed by atoms with van der Waals surface area (Å²) in [6.07, 6.45) is 1.18. The van der Waals surface area contributed by atoms with Gasteiger partial charge in [-0.3, -0.25) is 4.90 Å². The molecule has 0 radical (unpaired) electrons. The fourth-order valence-corrected chi connectivity index (χ4v) is 3.42. The minimum Gasteiger partial charge on any atom is -0.473 e. The molecule has 3 rings (SSSR count). The van der Waals surface area contributed by atoms with Crippen molar-refractivity contribution in [2.75, 3.05) is 13.6 Å². The lowest BCUT2D eigenvalue weighted by Gasteiger charge is -2.34. The number of carboxylic acids is 2. The van der Waals surface area contributed by atoms with E-state index in [1.165, 1.54) is 22.4 Å². The lowest BCUT2D eigenvalue weighted by molar-refractivity contribution is -0.159. The van der Waals surface area contributed by atoms with E-state index in [0.717, 1.165) is 6.54 Å². The van der Waals surface area contributed by atoms with Crippen LogP contribution in [0.4, 0.5) is 0 Å². The smallest absolute Gasteiger partial charge is 0.414 e. The van der Waals surface area contributed by atoms with E-state index < -0.39 is 11.9 Å². The van der Waals surface area contributed by atoms with Gasteiger partial charge in [-0.25, -0.2) is 9.59 Å². The number of thiophene rings is 1. The fourth-order valence-electron chi connectivity index (χ4n) is 2.51. The topological polar surface area (TPSA) is 77.8 Å². The zero-order valence-electron chi connectivity index (χ0n) is 12.1. The van der Waals surface area contributed by atoms with Gasteiger partial charge >= 0.3 is 11.9 Å². The van der Waals surface area contributed by atoms with Crippen LogP contribution in [-0.2, 0) is 16.0 Å². The molecule has 2 aromatic rings. The van der Waals surface area contributed by atoms with Crippen LogP contribution in [0.5, 0.6) is 0 Å². The highest BCUT2D eigenvalue weighted by molar-refractivity contribution is 7.10. The maximum atomic E-state index is 9.10. The van der Waals surface area contributed by atoms with Gasteiger partial charge in [0.1, 0.15) is 0 Å². The summed E-state index contributed by atoms with van der Waals surface area (Å²) in [5.41, 5.74) is 3.00. The summed E-state index contributed by atoms with van der Waals surface area (Å²) in [5, 5.41) is 16.9. The van der Waals surface area contributed by atoms with E-state index in [9.17, 15) is 0 Å². The highest BCUT2D eigenvalue weighted by Gasteiger charge is 2.26. The van der Waals surface area contributed by atoms with Gasteiger partial charge in [0, 0.05) is 11.4 Å². The van der Waals surface area contributed by atoms with Crippen LogP contribution in [0.2, 0.25) is 0 Å². The second kappa shape index (κ2) is 7.20. The van der Waals surface area contributed by atoms with Crippen molar-refractivity contribution >= 4 is 23.3 Å². The Morgan fingerprint density at radius 3 is 2.41 bits per heavy atom. The molecule has 0 aliphatic carbocycles.